The van der Waals surface area contributed by atoms with Gasteiger partial charge in [0.1, 0.15) is 23.0 Å². The molecule has 0 saturated heterocycles. The normalized spacial score (nSPS) is 13.3. The highest BCUT2D eigenvalue weighted by Crippen LogP contribution is 2.42. The molecule has 4 nitrogen and oxygen atoms in total. The van der Waals surface area contributed by atoms with Gasteiger partial charge in [-0.1, -0.05) is 164 Å². The van der Waals surface area contributed by atoms with Gasteiger partial charge in [-0.2, -0.15) is 0 Å². The van der Waals surface area contributed by atoms with Crippen molar-refractivity contribution in [2.75, 3.05) is 9.80 Å². The van der Waals surface area contributed by atoms with E-state index in [1.165, 1.54) is 50.2 Å². The minimum atomic E-state index is 0.784. The number of hydrogen-bond acceptors (Lipinski definition) is 4. The van der Waals surface area contributed by atoms with E-state index in [0.717, 1.165) is 77.1 Å². The maximum atomic E-state index is 6.32. The molecule has 0 aromatic heterocycles. The molecule has 0 saturated carbocycles. The largest absolute Gasteiger partial charge is 0.457 e. The average molecular weight is 905 g/mol. The summed E-state index contributed by atoms with van der Waals surface area (Å²) in [6, 6.07) is 84.5. The van der Waals surface area contributed by atoms with E-state index in [4.69, 9.17) is 9.47 Å². The zero-order valence-corrected chi connectivity index (χ0v) is 38.9. The van der Waals surface area contributed by atoms with E-state index in [-0.39, 0.29) is 0 Å². The monoisotopic (exact) mass is 904 g/mol. The van der Waals surface area contributed by atoms with Gasteiger partial charge in [0.25, 0.3) is 0 Å². The molecule has 9 aromatic rings. The molecule has 0 atom stereocenters. The molecule has 4 heteroatoms. The lowest BCUT2D eigenvalue weighted by atomic mass is 9.86. The third-order valence-corrected chi connectivity index (χ3v) is 13.0. The summed E-state index contributed by atoms with van der Waals surface area (Å²) in [6.45, 7) is 0. The van der Waals surface area contributed by atoms with Gasteiger partial charge in [-0.05, 0) is 161 Å². The highest BCUT2D eigenvalue weighted by atomic mass is 16.5. The summed E-state index contributed by atoms with van der Waals surface area (Å²) in [6.07, 6.45) is 13.2. The molecular weight excluding hydrogens is 853 g/mol. The molecule has 2 aliphatic carbocycles. The Hall–Kier alpha value is -8.86. The van der Waals surface area contributed by atoms with Gasteiger partial charge in [0, 0.05) is 46.3 Å². The predicted molar refractivity (Wildman–Crippen MR) is 291 cm³/mol. The Bertz CT molecular complexity index is 3320. The molecule has 338 valence electrons. The summed E-state index contributed by atoms with van der Waals surface area (Å²) in [5.74, 6) is 3.21. The fraction of sp³-hybridized carbons (Fsp3) is 0.0606. The summed E-state index contributed by atoms with van der Waals surface area (Å²) in [5.41, 5.74) is 16.8. The van der Waals surface area contributed by atoms with Crippen LogP contribution in [0.5, 0.6) is 23.0 Å². The maximum Gasteiger partial charge on any atom is 0.129 e. The molecule has 0 bridgehead atoms. The Labute approximate surface area is 411 Å². The van der Waals surface area contributed by atoms with Crippen molar-refractivity contribution < 1.29 is 9.47 Å². The van der Waals surface area contributed by atoms with Crippen molar-refractivity contribution in [1.29, 1.82) is 0 Å². The average Bonchev–Trinajstić information content (AvgIpc) is 3.43. The number of para-hydroxylation sites is 2. The van der Waals surface area contributed by atoms with Gasteiger partial charge >= 0.3 is 0 Å². The quantitative estimate of drug-likeness (QED) is 0.109. The third-order valence-electron chi connectivity index (χ3n) is 13.0. The third kappa shape index (κ3) is 10.0. The standard InChI is InChI=1S/C66H52N2O2/c1-5-15-49(16-6-1)53-31-39-57(40-32-53)67(61-19-13-25-65(47-61)69-63-21-9-3-10-22-63)59-43-35-55(36-44-59)51-27-29-52(30-28-51)56-37-45-60(46-38-56)68(58-41-33-54(34-42-58)50-17-7-2-8-18-50)62-20-14-26-66(48-62)70-64-23-11-4-12-24-64/h1-27,29,31-37,39-45,47-48H,28,30,38,46H2. The van der Waals surface area contributed by atoms with E-state index in [1.54, 1.807) is 0 Å². The van der Waals surface area contributed by atoms with Gasteiger partial charge in [-0.25, -0.2) is 0 Å². The minimum Gasteiger partial charge on any atom is -0.457 e. The van der Waals surface area contributed by atoms with Gasteiger partial charge < -0.3 is 19.3 Å². The molecule has 0 aliphatic heterocycles. The molecule has 2 aliphatic rings. The highest BCUT2D eigenvalue weighted by Gasteiger charge is 2.21. The Kier molecular flexibility index (Phi) is 12.8. The van der Waals surface area contributed by atoms with Crippen LogP contribution in [0.2, 0.25) is 0 Å². The fourth-order valence-electron chi connectivity index (χ4n) is 9.47. The lowest BCUT2D eigenvalue weighted by Gasteiger charge is -2.31. The van der Waals surface area contributed by atoms with Gasteiger partial charge in [0.15, 0.2) is 0 Å². The van der Waals surface area contributed by atoms with Crippen molar-refractivity contribution in [1.82, 2.24) is 0 Å². The summed E-state index contributed by atoms with van der Waals surface area (Å²) in [5, 5.41) is 0. The second-order valence-corrected chi connectivity index (χ2v) is 17.6. The smallest absolute Gasteiger partial charge is 0.129 e. The SMILES string of the molecule is C1=C(C2=CC=C(N(c3ccc(-c4ccccc4)cc3)c3cccc(Oc4ccccc4)c3)CC2)CCC(c2ccc(N(c3ccc(-c4ccccc4)cc3)c3cccc(Oc4ccccc4)c3)cc2)=C1. The van der Waals surface area contributed by atoms with E-state index in [1.807, 2.05) is 72.8 Å². The van der Waals surface area contributed by atoms with Crippen LogP contribution in [-0.4, -0.2) is 0 Å². The molecule has 0 amide bonds. The number of nitrogens with zero attached hydrogens (tertiary/aromatic N) is 2. The van der Waals surface area contributed by atoms with Crippen molar-refractivity contribution in [3.05, 3.63) is 289 Å². The first-order chi connectivity index (χ1) is 34.7. The van der Waals surface area contributed by atoms with Crippen LogP contribution < -0.4 is 19.3 Å². The Morgan fingerprint density at radius 1 is 0.243 bits per heavy atom. The molecule has 9 aromatic carbocycles. The van der Waals surface area contributed by atoms with Crippen LogP contribution in [0.3, 0.4) is 0 Å². The minimum absolute atomic E-state index is 0.784. The Morgan fingerprint density at radius 2 is 0.600 bits per heavy atom. The van der Waals surface area contributed by atoms with E-state index in [0.29, 0.717) is 0 Å². The molecule has 0 N–H and O–H groups in total. The molecule has 0 unspecified atom stereocenters. The Balaban J connectivity index is 0.850. The number of hydrogen-bond donors (Lipinski definition) is 0. The number of ether oxygens (including phenoxy) is 2. The topological polar surface area (TPSA) is 24.9 Å². The first-order valence-electron chi connectivity index (χ1n) is 24.1. The summed E-state index contributed by atoms with van der Waals surface area (Å²) < 4.78 is 12.6. The zero-order valence-electron chi connectivity index (χ0n) is 38.9. The van der Waals surface area contributed by atoms with E-state index in [9.17, 15) is 0 Å². The molecule has 0 radical (unpaired) electrons. The molecular formula is C66H52N2O2. The van der Waals surface area contributed by atoms with Crippen molar-refractivity contribution in [3.63, 3.8) is 0 Å². The summed E-state index contributed by atoms with van der Waals surface area (Å²) in [7, 11) is 0. The van der Waals surface area contributed by atoms with Crippen LogP contribution >= 0.6 is 0 Å². The van der Waals surface area contributed by atoms with Gasteiger partial charge in [0.2, 0.25) is 0 Å². The van der Waals surface area contributed by atoms with Crippen LogP contribution in [0.25, 0.3) is 27.8 Å². The van der Waals surface area contributed by atoms with Crippen LogP contribution in [-0.2, 0) is 0 Å². The van der Waals surface area contributed by atoms with Gasteiger partial charge in [-0.15, -0.1) is 0 Å². The van der Waals surface area contributed by atoms with E-state index in [2.05, 4.69) is 204 Å². The molecule has 0 heterocycles. The van der Waals surface area contributed by atoms with Crippen molar-refractivity contribution in [2.45, 2.75) is 25.7 Å². The fourth-order valence-corrected chi connectivity index (χ4v) is 9.47. The number of benzene rings is 9. The second kappa shape index (κ2) is 20.6. The first-order valence-corrected chi connectivity index (χ1v) is 24.1. The maximum absolute atomic E-state index is 6.32. The molecule has 70 heavy (non-hydrogen) atoms. The van der Waals surface area contributed by atoms with Crippen LogP contribution in [0, 0.1) is 0 Å². The molecule has 11 rings (SSSR count). The van der Waals surface area contributed by atoms with Crippen LogP contribution in [0.4, 0.5) is 28.4 Å². The van der Waals surface area contributed by atoms with E-state index >= 15 is 0 Å². The van der Waals surface area contributed by atoms with Gasteiger partial charge in [0.05, 0.1) is 0 Å². The van der Waals surface area contributed by atoms with Crippen LogP contribution in [0.1, 0.15) is 31.2 Å². The van der Waals surface area contributed by atoms with Crippen molar-refractivity contribution >= 4 is 34.0 Å². The summed E-state index contributed by atoms with van der Waals surface area (Å²) in [4.78, 5) is 4.68. The lowest BCUT2D eigenvalue weighted by Crippen LogP contribution is -2.18. The zero-order chi connectivity index (χ0) is 46.9. The highest BCUT2D eigenvalue weighted by molar-refractivity contribution is 5.81. The predicted octanol–water partition coefficient (Wildman–Crippen LogP) is 18.6. The number of rotatable bonds is 14. The van der Waals surface area contributed by atoms with Crippen LogP contribution in [0.15, 0.2) is 284 Å². The molecule has 0 spiro atoms. The van der Waals surface area contributed by atoms with Gasteiger partial charge in [-0.3, -0.25) is 0 Å². The van der Waals surface area contributed by atoms with Crippen molar-refractivity contribution in [3.8, 4) is 45.3 Å². The van der Waals surface area contributed by atoms with Crippen molar-refractivity contribution in [2.24, 2.45) is 0 Å². The lowest BCUT2D eigenvalue weighted by molar-refractivity contribution is 0.482. The summed E-state index contributed by atoms with van der Waals surface area (Å²) >= 11 is 0. The Morgan fingerprint density at radius 3 is 1.04 bits per heavy atom. The number of anilines is 5. The van der Waals surface area contributed by atoms with E-state index < -0.39 is 0 Å². The molecule has 0 fully saturated rings. The second-order valence-electron chi connectivity index (χ2n) is 17.6. The first kappa shape index (κ1) is 43.7. The number of allylic oxidation sites excluding steroid dienone is 8.